The van der Waals surface area contributed by atoms with E-state index in [4.69, 9.17) is 17.3 Å². The van der Waals surface area contributed by atoms with Gasteiger partial charge in [0.15, 0.2) is 0 Å². The molecular formula is C10H12ClN3S. The van der Waals surface area contributed by atoms with Gasteiger partial charge in [-0.25, -0.2) is 4.98 Å². The average molecular weight is 242 g/mol. The first-order valence-electron chi connectivity index (χ1n) is 4.63. The first kappa shape index (κ1) is 10.7. The summed E-state index contributed by atoms with van der Waals surface area (Å²) in [5.41, 5.74) is 6.96. The van der Waals surface area contributed by atoms with Gasteiger partial charge in [0, 0.05) is 24.5 Å². The smallest absolute Gasteiger partial charge is 0.0947 e. The molecule has 0 radical (unpaired) electrons. The van der Waals surface area contributed by atoms with E-state index in [1.807, 2.05) is 29.9 Å². The molecule has 3 nitrogen and oxygen atoms in total. The predicted octanol–water partition coefficient (Wildman–Crippen LogP) is 2.38. The average Bonchev–Trinajstić information content (AvgIpc) is 2.75. The van der Waals surface area contributed by atoms with Crippen molar-refractivity contribution in [3.8, 4) is 0 Å². The van der Waals surface area contributed by atoms with E-state index in [0.29, 0.717) is 0 Å². The van der Waals surface area contributed by atoms with Gasteiger partial charge >= 0.3 is 0 Å². The van der Waals surface area contributed by atoms with Crippen LogP contribution in [-0.2, 0) is 13.5 Å². The zero-order valence-corrected chi connectivity index (χ0v) is 9.92. The molecule has 80 valence electrons. The molecule has 5 heteroatoms. The summed E-state index contributed by atoms with van der Waals surface area (Å²) in [4.78, 5) is 5.42. The first-order valence-corrected chi connectivity index (χ1v) is 5.82. The van der Waals surface area contributed by atoms with Crippen LogP contribution in [0.4, 0.5) is 0 Å². The summed E-state index contributed by atoms with van der Waals surface area (Å²) in [5.74, 6) is 0. The van der Waals surface area contributed by atoms with Crippen molar-refractivity contribution in [3.05, 3.63) is 39.6 Å². The van der Waals surface area contributed by atoms with Crippen molar-refractivity contribution in [3.63, 3.8) is 0 Å². The van der Waals surface area contributed by atoms with Crippen LogP contribution in [0.15, 0.2) is 24.7 Å². The van der Waals surface area contributed by atoms with E-state index in [9.17, 15) is 0 Å². The standard InChI is InChI=1S/C10H12ClN3S/c1-14-5-9(13-6-14)8(12)4-7-2-3-10(11)15-7/h2-3,5-6,8H,4,12H2,1H3. The third-order valence-electron chi connectivity index (χ3n) is 2.15. The maximum Gasteiger partial charge on any atom is 0.0947 e. The number of hydrogen-bond acceptors (Lipinski definition) is 3. The number of aromatic nitrogens is 2. The van der Waals surface area contributed by atoms with Crippen LogP contribution in [0.5, 0.6) is 0 Å². The molecule has 1 unspecified atom stereocenters. The maximum atomic E-state index is 6.04. The van der Waals surface area contributed by atoms with Gasteiger partial charge in [-0.1, -0.05) is 11.6 Å². The van der Waals surface area contributed by atoms with Gasteiger partial charge in [-0.05, 0) is 12.1 Å². The lowest BCUT2D eigenvalue weighted by molar-refractivity contribution is 0.707. The third-order valence-corrected chi connectivity index (χ3v) is 3.41. The maximum absolute atomic E-state index is 6.04. The van der Waals surface area contributed by atoms with Gasteiger partial charge in [-0.15, -0.1) is 11.3 Å². The molecule has 0 fully saturated rings. The summed E-state index contributed by atoms with van der Waals surface area (Å²) in [6, 6.07) is 3.85. The molecule has 15 heavy (non-hydrogen) atoms. The fraction of sp³-hybridized carbons (Fsp3) is 0.300. The van der Waals surface area contributed by atoms with E-state index in [1.165, 1.54) is 4.88 Å². The fourth-order valence-electron chi connectivity index (χ4n) is 1.41. The Kier molecular flexibility index (Phi) is 3.09. The molecule has 0 aliphatic rings. The summed E-state index contributed by atoms with van der Waals surface area (Å²) < 4.78 is 2.70. The molecule has 0 aliphatic carbocycles. The van der Waals surface area contributed by atoms with Gasteiger partial charge < -0.3 is 10.3 Å². The highest BCUT2D eigenvalue weighted by Gasteiger charge is 2.10. The third kappa shape index (κ3) is 2.59. The minimum atomic E-state index is -0.0547. The first-order chi connectivity index (χ1) is 7.15. The van der Waals surface area contributed by atoms with E-state index in [1.54, 1.807) is 17.7 Å². The molecule has 0 aliphatic heterocycles. The van der Waals surface area contributed by atoms with Crippen LogP contribution in [0, 0.1) is 0 Å². The quantitative estimate of drug-likeness (QED) is 0.897. The van der Waals surface area contributed by atoms with Gasteiger partial charge in [-0.3, -0.25) is 0 Å². The topological polar surface area (TPSA) is 43.8 Å². The normalized spacial score (nSPS) is 13.0. The number of imidazole rings is 1. The second-order valence-electron chi connectivity index (χ2n) is 3.48. The van der Waals surface area contributed by atoms with Gasteiger partial charge in [-0.2, -0.15) is 0 Å². The Morgan fingerprint density at radius 2 is 2.40 bits per heavy atom. The minimum Gasteiger partial charge on any atom is -0.340 e. The highest BCUT2D eigenvalue weighted by molar-refractivity contribution is 7.16. The summed E-state index contributed by atoms with van der Waals surface area (Å²) >= 11 is 7.42. The molecule has 0 saturated carbocycles. The molecule has 2 aromatic rings. The molecule has 2 heterocycles. The van der Waals surface area contributed by atoms with Gasteiger partial charge in [0.1, 0.15) is 0 Å². The van der Waals surface area contributed by atoms with Gasteiger partial charge in [0.2, 0.25) is 0 Å². The lowest BCUT2D eigenvalue weighted by atomic mass is 10.1. The fourth-order valence-corrected chi connectivity index (χ4v) is 2.55. The molecule has 2 aromatic heterocycles. The van der Waals surface area contributed by atoms with Crippen LogP contribution in [0.25, 0.3) is 0 Å². The summed E-state index contributed by atoms with van der Waals surface area (Å²) in [6.45, 7) is 0. The largest absolute Gasteiger partial charge is 0.340 e. The van der Waals surface area contributed by atoms with Crippen LogP contribution in [0.2, 0.25) is 4.34 Å². The van der Waals surface area contributed by atoms with Crippen LogP contribution in [0.1, 0.15) is 16.6 Å². The molecule has 0 aromatic carbocycles. The van der Waals surface area contributed by atoms with Crippen molar-refractivity contribution in [2.24, 2.45) is 12.8 Å². The highest BCUT2D eigenvalue weighted by atomic mass is 35.5. The van der Waals surface area contributed by atoms with E-state index in [-0.39, 0.29) is 6.04 Å². The summed E-state index contributed by atoms with van der Waals surface area (Å²) in [5, 5.41) is 0. The lowest BCUT2D eigenvalue weighted by Crippen LogP contribution is -2.13. The van der Waals surface area contributed by atoms with E-state index < -0.39 is 0 Å². The number of halogens is 1. The van der Waals surface area contributed by atoms with Crippen molar-refractivity contribution in [2.45, 2.75) is 12.5 Å². The predicted molar refractivity (Wildman–Crippen MR) is 63.2 cm³/mol. The highest BCUT2D eigenvalue weighted by Crippen LogP contribution is 2.24. The number of rotatable bonds is 3. The van der Waals surface area contributed by atoms with Gasteiger partial charge in [0.25, 0.3) is 0 Å². The van der Waals surface area contributed by atoms with Crippen molar-refractivity contribution in [1.82, 2.24) is 9.55 Å². The Balaban J connectivity index is 2.06. The molecule has 0 saturated heterocycles. The zero-order valence-electron chi connectivity index (χ0n) is 8.35. The van der Waals surface area contributed by atoms with Crippen molar-refractivity contribution in [2.75, 3.05) is 0 Å². The number of aryl methyl sites for hydroxylation is 1. The van der Waals surface area contributed by atoms with E-state index in [0.717, 1.165) is 16.5 Å². The Hall–Kier alpha value is -0.840. The number of thiophene rings is 1. The van der Waals surface area contributed by atoms with Gasteiger partial charge in [0.05, 0.1) is 22.4 Å². The van der Waals surface area contributed by atoms with Crippen LogP contribution in [-0.4, -0.2) is 9.55 Å². The SMILES string of the molecule is Cn1cnc(C(N)Cc2ccc(Cl)s2)c1. The number of nitrogens with zero attached hydrogens (tertiary/aromatic N) is 2. The number of nitrogens with two attached hydrogens (primary N) is 1. The Morgan fingerprint density at radius 3 is 2.93 bits per heavy atom. The van der Waals surface area contributed by atoms with E-state index in [2.05, 4.69) is 4.98 Å². The molecule has 0 bridgehead atoms. The second kappa shape index (κ2) is 4.35. The Bertz CT molecular complexity index is 449. The second-order valence-corrected chi connectivity index (χ2v) is 5.28. The Labute approximate surface area is 97.5 Å². The number of hydrogen-bond donors (Lipinski definition) is 1. The molecule has 0 amide bonds. The van der Waals surface area contributed by atoms with Crippen LogP contribution in [0.3, 0.4) is 0 Å². The van der Waals surface area contributed by atoms with Crippen molar-refractivity contribution >= 4 is 22.9 Å². The lowest BCUT2D eigenvalue weighted by Gasteiger charge is -2.06. The van der Waals surface area contributed by atoms with Crippen LogP contribution < -0.4 is 5.73 Å². The molecular weight excluding hydrogens is 230 g/mol. The zero-order chi connectivity index (χ0) is 10.8. The molecule has 2 N–H and O–H groups in total. The minimum absolute atomic E-state index is 0.0547. The van der Waals surface area contributed by atoms with E-state index >= 15 is 0 Å². The summed E-state index contributed by atoms with van der Waals surface area (Å²) in [6.07, 6.45) is 4.49. The van der Waals surface area contributed by atoms with Crippen LogP contribution >= 0.6 is 22.9 Å². The molecule has 2 rings (SSSR count). The molecule has 0 spiro atoms. The van der Waals surface area contributed by atoms with Crippen molar-refractivity contribution < 1.29 is 0 Å². The van der Waals surface area contributed by atoms with Crippen molar-refractivity contribution in [1.29, 1.82) is 0 Å². The molecule has 1 atom stereocenters. The summed E-state index contributed by atoms with van der Waals surface area (Å²) in [7, 11) is 1.94. The monoisotopic (exact) mass is 241 g/mol. The Morgan fingerprint density at radius 1 is 1.60 bits per heavy atom.